The molecule has 0 unspecified atom stereocenters. The van der Waals surface area contributed by atoms with Crippen LogP contribution in [0, 0.1) is 17.2 Å². The number of pyridine rings is 2. The Morgan fingerprint density at radius 2 is 2.00 bits per heavy atom. The molecule has 30 heavy (non-hydrogen) atoms. The summed E-state index contributed by atoms with van der Waals surface area (Å²) in [4.78, 5) is 29.6. The largest absolute Gasteiger partial charge is 0.490 e. The average molecular weight is 412 g/mol. The molecule has 0 bridgehead atoms. The van der Waals surface area contributed by atoms with E-state index in [0.29, 0.717) is 29.0 Å². The third kappa shape index (κ3) is 4.25. The molecule has 8 nitrogen and oxygen atoms in total. The number of aryl methyl sites for hydroxylation is 1. The third-order valence-electron chi connectivity index (χ3n) is 5.78. The van der Waals surface area contributed by atoms with Crippen molar-refractivity contribution in [2.24, 2.45) is 13.0 Å². The van der Waals surface area contributed by atoms with Crippen molar-refractivity contribution in [3.05, 3.63) is 34.2 Å². The van der Waals surface area contributed by atoms with Crippen LogP contribution in [-0.4, -0.2) is 43.8 Å². The second-order valence-electron chi connectivity index (χ2n) is 8.89. The zero-order valence-corrected chi connectivity index (χ0v) is 17.9. The first-order valence-electron chi connectivity index (χ1n) is 10.2. The van der Waals surface area contributed by atoms with E-state index in [4.69, 9.17) is 4.74 Å². The van der Waals surface area contributed by atoms with Gasteiger partial charge in [0.1, 0.15) is 17.1 Å². The van der Waals surface area contributed by atoms with Crippen LogP contribution in [0.15, 0.2) is 23.1 Å². The van der Waals surface area contributed by atoms with Gasteiger partial charge in [0.15, 0.2) is 5.75 Å². The van der Waals surface area contributed by atoms with Crippen LogP contribution in [0.25, 0.3) is 11.0 Å². The summed E-state index contributed by atoms with van der Waals surface area (Å²) in [5.41, 5.74) is 0.766. The Morgan fingerprint density at radius 3 is 2.57 bits per heavy atom. The van der Waals surface area contributed by atoms with Gasteiger partial charge in [-0.2, -0.15) is 5.26 Å². The second kappa shape index (κ2) is 8.34. The van der Waals surface area contributed by atoms with Crippen LogP contribution in [0.3, 0.4) is 0 Å². The normalized spacial score (nSPS) is 19.3. The maximum absolute atomic E-state index is 12.1. The summed E-state index contributed by atoms with van der Waals surface area (Å²) in [6.45, 7) is 6.15. The molecule has 1 saturated carbocycles. The van der Waals surface area contributed by atoms with Crippen molar-refractivity contribution in [2.75, 3.05) is 6.61 Å². The molecule has 0 aromatic carbocycles. The lowest BCUT2D eigenvalue weighted by Crippen LogP contribution is -2.52. The first kappa shape index (κ1) is 21.6. The molecule has 2 heterocycles. The van der Waals surface area contributed by atoms with E-state index < -0.39 is 11.6 Å². The van der Waals surface area contributed by atoms with Crippen molar-refractivity contribution < 1.29 is 14.6 Å². The number of aromatic nitrogens is 2. The van der Waals surface area contributed by atoms with Crippen LogP contribution in [0.4, 0.5) is 4.79 Å². The van der Waals surface area contributed by atoms with Crippen molar-refractivity contribution in [3.8, 4) is 11.8 Å². The molecule has 1 aliphatic rings. The third-order valence-corrected chi connectivity index (χ3v) is 5.78. The fourth-order valence-electron chi connectivity index (χ4n) is 4.30. The van der Waals surface area contributed by atoms with Gasteiger partial charge in [-0.25, -0.2) is 4.79 Å². The molecule has 2 aromatic heterocycles. The van der Waals surface area contributed by atoms with Gasteiger partial charge in [-0.1, -0.05) is 0 Å². The van der Waals surface area contributed by atoms with Crippen LogP contribution in [-0.2, 0) is 7.05 Å². The number of fused-ring (bicyclic) bond motifs is 1. The Labute approximate surface area is 175 Å². The highest BCUT2D eigenvalue weighted by Gasteiger charge is 2.35. The highest BCUT2D eigenvalue weighted by molar-refractivity contribution is 5.83. The van der Waals surface area contributed by atoms with Crippen LogP contribution >= 0.6 is 0 Å². The fraction of sp³-hybridized carbons (Fsp3) is 0.545. The van der Waals surface area contributed by atoms with Gasteiger partial charge in [-0.3, -0.25) is 9.78 Å². The molecular formula is C22H28N4O4. The number of hydrogen-bond acceptors (Lipinski definition) is 5. The van der Waals surface area contributed by atoms with Crippen LogP contribution < -0.4 is 10.3 Å². The molecule has 8 heteroatoms. The summed E-state index contributed by atoms with van der Waals surface area (Å²) in [5.74, 6) is 0.638. The van der Waals surface area contributed by atoms with E-state index in [1.54, 1.807) is 18.0 Å². The number of nitriles is 1. The highest BCUT2D eigenvalue weighted by Crippen LogP contribution is 2.33. The van der Waals surface area contributed by atoms with E-state index in [0.717, 1.165) is 25.7 Å². The highest BCUT2D eigenvalue weighted by atomic mass is 16.5. The van der Waals surface area contributed by atoms with Crippen molar-refractivity contribution in [3.63, 3.8) is 0 Å². The monoisotopic (exact) mass is 412 g/mol. The van der Waals surface area contributed by atoms with Crippen LogP contribution in [0.2, 0.25) is 0 Å². The molecule has 1 amide bonds. The van der Waals surface area contributed by atoms with Gasteiger partial charge in [0.2, 0.25) is 0 Å². The molecule has 0 aliphatic heterocycles. The molecule has 0 saturated heterocycles. The van der Waals surface area contributed by atoms with Gasteiger partial charge in [-0.05, 0) is 58.4 Å². The predicted molar refractivity (Wildman–Crippen MR) is 113 cm³/mol. The number of carboxylic acid groups (broad SMARTS) is 1. The summed E-state index contributed by atoms with van der Waals surface area (Å²) in [5, 5.41) is 19.1. The summed E-state index contributed by atoms with van der Waals surface area (Å²) in [7, 11) is 1.64. The van der Waals surface area contributed by atoms with E-state index in [9.17, 15) is 20.0 Å². The summed E-state index contributed by atoms with van der Waals surface area (Å²) in [6, 6.07) is 5.16. The van der Waals surface area contributed by atoms with E-state index in [-0.39, 0.29) is 17.5 Å². The minimum Gasteiger partial charge on any atom is -0.490 e. The van der Waals surface area contributed by atoms with Crippen molar-refractivity contribution in [2.45, 2.75) is 58.0 Å². The number of hydrogen-bond donors (Lipinski definition) is 1. The Kier molecular flexibility index (Phi) is 6.01. The van der Waals surface area contributed by atoms with E-state index in [1.165, 1.54) is 16.8 Å². The maximum Gasteiger partial charge on any atom is 0.407 e. The molecular weight excluding hydrogens is 384 g/mol. The Balaban J connectivity index is 1.74. The average Bonchev–Trinajstić information content (AvgIpc) is 2.68. The van der Waals surface area contributed by atoms with Gasteiger partial charge in [0, 0.05) is 30.9 Å². The first-order chi connectivity index (χ1) is 14.1. The predicted octanol–water partition coefficient (Wildman–Crippen LogP) is 3.52. The van der Waals surface area contributed by atoms with E-state index in [2.05, 4.69) is 11.1 Å². The number of amides is 1. The number of ether oxygens (including phenoxy) is 1. The summed E-state index contributed by atoms with van der Waals surface area (Å²) < 4.78 is 7.52. The standard InChI is InChI=1S/C22H28N4O4/c1-22(2,3)26(21(28)29)16-7-5-14(6-8-16)13-30-20-15(11-23)12-24-17-9-10-18(27)25(4)19(17)20/h9-10,12,14,16H,5-8,13H2,1-4H3,(H,28,29)/t14-,16-. The molecule has 0 radical (unpaired) electrons. The Bertz CT molecular complexity index is 1040. The molecule has 1 aliphatic carbocycles. The van der Waals surface area contributed by atoms with Gasteiger partial charge < -0.3 is 19.3 Å². The molecule has 3 rings (SSSR count). The van der Waals surface area contributed by atoms with Crippen LogP contribution in [0.1, 0.15) is 52.0 Å². The topological polar surface area (TPSA) is 108 Å². The quantitative estimate of drug-likeness (QED) is 0.823. The minimum absolute atomic E-state index is 0.00371. The Hall–Kier alpha value is -3.08. The zero-order valence-electron chi connectivity index (χ0n) is 17.9. The summed E-state index contributed by atoms with van der Waals surface area (Å²) in [6.07, 6.45) is 3.82. The Morgan fingerprint density at radius 1 is 1.33 bits per heavy atom. The van der Waals surface area contributed by atoms with Crippen molar-refractivity contribution in [1.82, 2.24) is 14.5 Å². The lowest BCUT2D eigenvalue weighted by molar-refractivity contribution is 0.0462. The maximum atomic E-state index is 12.1. The van der Waals surface area contributed by atoms with Crippen molar-refractivity contribution in [1.29, 1.82) is 5.26 Å². The fourth-order valence-corrected chi connectivity index (χ4v) is 4.30. The molecule has 1 N–H and O–H groups in total. The van der Waals surface area contributed by atoms with Crippen LogP contribution in [0.5, 0.6) is 5.75 Å². The molecule has 2 aromatic rings. The molecule has 160 valence electrons. The zero-order chi connectivity index (χ0) is 22.1. The second-order valence-corrected chi connectivity index (χ2v) is 8.89. The van der Waals surface area contributed by atoms with Gasteiger partial charge in [-0.15, -0.1) is 0 Å². The van der Waals surface area contributed by atoms with Gasteiger partial charge >= 0.3 is 6.09 Å². The number of nitrogens with zero attached hydrogens (tertiary/aromatic N) is 4. The molecule has 1 fully saturated rings. The minimum atomic E-state index is -0.884. The summed E-state index contributed by atoms with van der Waals surface area (Å²) >= 11 is 0. The van der Waals surface area contributed by atoms with E-state index >= 15 is 0 Å². The van der Waals surface area contributed by atoms with Gasteiger partial charge in [0.25, 0.3) is 5.56 Å². The molecule has 0 spiro atoms. The van der Waals surface area contributed by atoms with E-state index in [1.807, 2.05) is 20.8 Å². The SMILES string of the molecule is Cn1c(=O)ccc2ncc(C#N)c(OC[C@H]3CC[C@H](N(C(=O)O)C(C)(C)C)CC3)c21. The van der Waals surface area contributed by atoms with Crippen molar-refractivity contribution >= 4 is 17.1 Å². The lowest BCUT2D eigenvalue weighted by atomic mass is 9.84. The first-order valence-corrected chi connectivity index (χ1v) is 10.2. The number of rotatable bonds is 4. The van der Waals surface area contributed by atoms with Gasteiger partial charge in [0.05, 0.1) is 12.1 Å². The number of carbonyl (C=O) groups is 1. The lowest BCUT2D eigenvalue weighted by Gasteiger charge is -2.42. The smallest absolute Gasteiger partial charge is 0.407 e. The molecule has 0 atom stereocenters.